The van der Waals surface area contributed by atoms with Crippen molar-refractivity contribution in [1.29, 1.82) is 0 Å². The summed E-state index contributed by atoms with van der Waals surface area (Å²) in [5.41, 5.74) is 12.8. The number of para-hydroxylation sites is 1. The van der Waals surface area contributed by atoms with Gasteiger partial charge in [0.1, 0.15) is 23.2 Å². The van der Waals surface area contributed by atoms with Gasteiger partial charge in [-0.3, -0.25) is 9.59 Å². The number of aromatic nitrogens is 1. The third-order valence-electron chi connectivity index (χ3n) is 4.95. The third-order valence-corrected chi connectivity index (χ3v) is 4.95. The molecule has 0 bridgehead atoms. The molecule has 0 aliphatic heterocycles. The zero-order chi connectivity index (χ0) is 26.1. The van der Waals surface area contributed by atoms with Crippen LogP contribution in [-0.4, -0.2) is 35.4 Å². The molecular weight excluding hydrogens is 462 g/mol. The summed E-state index contributed by atoms with van der Waals surface area (Å²) in [5, 5.41) is 13.3. The maximum atomic E-state index is 12.2. The number of nitrogen functional groups attached to an aromatic ring is 1. The van der Waals surface area contributed by atoms with Crippen LogP contribution in [0.15, 0.2) is 77.0 Å². The van der Waals surface area contributed by atoms with E-state index in [1.165, 1.54) is 12.1 Å². The van der Waals surface area contributed by atoms with Crippen LogP contribution in [0.4, 0.5) is 23.0 Å². The molecule has 186 valence electrons. The van der Waals surface area contributed by atoms with Crippen molar-refractivity contribution in [3.05, 3.63) is 72.3 Å². The molecule has 6 N–H and O–H groups in total. The van der Waals surface area contributed by atoms with Crippen molar-refractivity contribution in [2.24, 2.45) is 21.9 Å². The average molecular weight is 490 g/mol. The number of pyridine rings is 1. The summed E-state index contributed by atoms with van der Waals surface area (Å²) < 4.78 is 5.38. The summed E-state index contributed by atoms with van der Waals surface area (Å²) in [4.78, 5) is 40.5. The number of nitrogens with two attached hydrogens (primary N) is 2. The monoisotopic (exact) mass is 489 g/mol. The van der Waals surface area contributed by atoms with Gasteiger partial charge in [-0.25, -0.2) is 9.78 Å². The Morgan fingerprint density at radius 1 is 0.944 bits per heavy atom. The second-order valence-electron chi connectivity index (χ2n) is 8.06. The minimum Gasteiger partial charge on any atom is -0.423 e. The fourth-order valence-electron chi connectivity index (χ4n) is 2.84. The molecular formula is C25H27N7O4. The van der Waals surface area contributed by atoms with Gasteiger partial charge in [-0.05, 0) is 42.3 Å². The van der Waals surface area contributed by atoms with Crippen molar-refractivity contribution in [2.45, 2.75) is 19.9 Å². The van der Waals surface area contributed by atoms with Crippen molar-refractivity contribution in [1.82, 2.24) is 10.3 Å². The first-order valence-electron chi connectivity index (χ1n) is 11.1. The quantitative estimate of drug-likeness (QED) is 0.202. The minimum atomic E-state index is -0.774. The number of hydrogen-bond donors (Lipinski definition) is 4. The summed E-state index contributed by atoms with van der Waals surface area (Å²) in [6, 6.07) is 17.4. The first-order valence-corrected chi connectivity index (χ1v) is 11.1. The zero-order valence-corrected chi connectivity index (χ0v) is 19.8. The first kappa shape index (κ1) is 26.0. The minimum absolute atomic E-state index is 0.0150. The Bertz CT molecular complexity index is 1260. The molecule has 0 radical (unpaired) electrons. The Labute approximate surface area is 208 Å². The maximum absolute atomic E-state index is 12.2. The molecule has 2 aromatic carbocycles. The van der Waals surface area contributed by atoms with E-state index in [0.29, 0.717) is 11.3 Å². The predicted molar refractivity (Wildman–Crippen MR) is 135 cm³/mol. The molecule has 3 rings (SSSR count). The van der Waals surface area contributed by atoms with E-state index in [1.807, 2.05) is 13.8 Å². The number of ether oxygens (including phenoxy) is 1. The van der Waals surface area contributed by atoms with Crippen LogP contribution in [0.25, 0.3) is 0 Å². The molecule has 1 heterocycles. The van der Waals surface area contributed by atoms with Gasteiger partial charge in [-0.2, -0.15) is 0 Å². The Hall–Kier alpha value is -4.64. The number of nitrogens with one attached hydrogen (secondary N) is 2. The highest BCUT2D eigenvalue weighted by molar-refractivity contribution is 5.99. The smallest absolute Gasteiger partial charge is 0.328 e. The molecule has 3 aromatic rings. The highest BCUT2D eigenvalue weighted by atomic mass is 16.5. The largest absolute Gasteiger partial charge is 0.423 e. The van der Waals surface area contributed by atoms with E-state index in [-0.39, 0.29) is 41.4 Å². The molecule has 0 aliphatic carbocycles. The van der Waals surface area contributed by atoms with Crippen LogP contribution >= 0.6 is 0 Å². The molecule has 0 saturated carbocycles. The van der Waals surface area contributed by atoms with Gasteiger partial charge in [0.2, 0.25) is 5.91 Å². The number of esters is 1. The maximum Gasteiger partial charge on any atom is 0.328 e. The van der Waals surface area contributed by atoms with Gasteiger partial charge in [0, 0.05) is 5.56 Å². The molecule has 11 nitrogen and oxygen atoms in total. The van der Waals surface area contributed by atoms with Crippen LogP contribution in [0.2, 0.25) is 0 Å². The number of anilines is 2. The van der Waals surface area contributed by atoms with Crippen molar-refractivity contribution in [3.8, 4) is 5.75 Å². The summed E-state index contributed by atoms with van der Waals surface area (Å²) in [6.45, 7) is 3.40. The van der Waals surface area contributed by atoms with E-state index in [1.54, 1.807) is 54.6 Å². The van der Waals surface area contributed by atoms with E-state index < -0.39 is 17.9 Å². The summed E-state index contributed by atoms with van der Waals surface area (Å²) in [6.07, 6.45) is 0. The number of carbonyl (C=O) groups is 3. The van der Waals surface area contributed by atoms with Crippen LogP contribution in [0.5, 0.6) is 5.75 Å². The molecule has 1 aromatic heterocycles. The predicted octanol–water partition coefficient (Wildman–Crippen LogP) is 3.34. The Balaban J connectivity index is 1.61. The number of carbonyl (C=O) groups excluding carboxylic acids is 3. The van der Waals surface area contributed by atoms with Gasteiger partial charge in [0.15, 0.2) is 11.6 Å². The number of azo groups is 1. The summed E-state index contributed by atoms with van der Waals surface area (Å²) in [5.74, 6) is -1.11. The lowest BCUT2D eigenvalue weighted by molar-refractivity contribution is -0.136. The average Bonchev–Trinajstić information content (AvgIpc) is 2.87. The molecule has 0 aliphatic rings. The van der Waals surface area contributed by atoms with Gasteiger partial charge < -0.3 is 26.8 Å². The molecule has 2 amide bonds. The van der Waals surface area contributed by atoms with E-state index in [9.17, 15) is 14.4 Å². The lowest BCUT2D eigenvalue weighted by Gasteiger charge is -2.14. The summed E-state index contributed by atoms with van der Waals surface area (Å²) >= 11 is 0. The van der Waals surface area contributed by atoms with Gasteiger partial charge in [0.25, 0.3) is 5.91 Å². The Morgan fingerprint density at radius 2 is 1.61 bits per heavy atom. The van der Waals surface area contributed by atoms with E-state index in [2.05, 4.69) is 25.8 Å². The standard InChI is InChI=1S/C25H27N7O4/c1-15(2)22(26)25(35)36-19-11-7-6-10-17(19)31-32-18-12-13-20(30-23(18)27)29-21(33)14-28-24(34)16-8-4-3-5-9-16/h3-13,15,22H,14,26H2,1-2H3,(H,28,34)(H3,27,29,30,33). The van der Waals surface area contributed by atoms with Gasteiger partial charge in [0.05, 0.1) is 6.54 Å². The van der Waals surface area contributed by atoms with Crippen LogP contribution in [-0.2, 0) is 9.59 Å². The van der Waals surface area contributed by atoms with Crippen molar-refractivity contribution in [3.63, 3.8) is 0 Å². The van der Waals surface area contributed by atoms with Crippen LogP contribution < -0.4 is 26.8 Å². The highest BCUT2D eigenvalue weighted by Crippen LogP contribution is 2.31. The van der Waals surface area contributed by atoms with Gasteiger partial charge in [-0.15, -0.1) is 10.2 Å². The Kier molecular flexibility index (Phi) is 8.79. The molecule has 1 atom stereocenters. The highest BCUT2D eigenvalue weighted by Gasteiger charge is 2.20. The first-order chi connectivity index (χ1) is 17.2. The number of nitrogens with zero attached hydrogens (tertiary/aromatic N) is 3. The molecule has 36 heavy (non-hydrogen) atoms. The van der Waals surface area contributed by atoms with E-state index >= 15 is 0 Å². The van der Waals surface area contributed by atoms with Crippen LogP contribution in [0.1, 0.15) is 24.2 Å². The van der Waals surface area contributed by atoms with Crippen molar-refractivity contribution >= 4 is 40.8 Å². The second kappa shape index (κ2) is 12.2. The fraction of sp³-hybridized carbons (Fsp3) is 0.200. The Morgan fingerprint density at radius 3 is 2.31 bits per heavy atom. The van der Waals surface area contributed by atoms with Crippen molar-refractivity contribution in [2.75, 3.05) is 17.6 Å². The zero-order valence-electron chi connectivity index (χ0n) is 19.8. The molecule has 0 saturated heterocycles. The number of rotatable bonds is 9. The van der Waals surface area contributed by atoms with E-state index in [4.69, 9.17) is 16.2 Å². The lowest BCUT2D eigenvalue weighted by Crippen LogP contribution is -2.38. The topological polar surface area (TPSA) is 174 Å². The van der Waals surface area contributed by atoms with E-state index in [0.717, 1.165) is 0 Å². The SMILES string of the molecule is CC(C)C(N)C(=O)Oc1ccccc1N=Nc1ccc(NC(=O)CNC(=O)c2ccccc2)nc1N. The van der Waals surface area contributed by atoms with Crippen LogP contribution in [0, 0.1) is 5.92 Å². The second-order valence-corrected chi connectivity index (χ2v) is 8.06. The molecule has 0 spiro atoms. The normalized spacial score (nSPS) is 11.8. The number of benzene rings is 2. The summed E-state index contributed by atoms with van der Waals surface area (Å²) in [7, 11) is 0. The molecule has 0 fully saturated rings. The van der Waals surface area contributed by atoms with Gasteiger partial charge >= 0.3 is 5.97 Å². The van der Waals surface area contributed by atoms with Crippen LogP contribution in [0.3, 0.4) is 0 Å². The van der Waals surface area contributed by atoms with Crippen molar-refractivity contribution < 1.29 is 19.1 Å². The van der Waals surface area contributed by atoms with Gasteiger partial charge in [-0.1, -0.05) is 44.2 Å². The molecule has 11 heteroatoms. The number of amides is 2. The fourth-order valence-corrected chi connectivity index (χ4v) is 2.84. The lowest BCUT2D eigenvalue weighted by atomic mass is 10.1. The third kappa shape index (κ3) is 7.18. The molecule has 1 unspecified atom stereocenters. The number of hydrogen-bond acceptors (Lipinski definition) is 9.